The monoisotopic (exact) mass is 557 g/mol. The van der Waals surface area contributed by atoms with Crippen molar-refractivity contribution in [3.63, 3.8) is 0 Å². The normalized spacial score (nSPS) is 28.2. The van der Waals surface area contributed by atoms with Gasteiger partial charge in [0.05, 0.1) is 32.5 Å². The molecule has 2 fully saturated rings. The highest BCUT2D eigenvalue weighted by Crippen LogP contribution is 2.31. The average molecular weight is 558 g/mol. The van der Waals surface area contributed by atoms with Crippen molar-refractivity contribution in [2.24, 2.45) is 0 Å². The highest BCUT2D eigenvalue weighted by molar-refractivity contribution is 7.93. The van der Waals surface area contributed by atoms with Crippen LogP contribution >= 0.6 is 0 Å². The van der Waals surface area contributed by atoms with Gasteiger partial charge in [-0.15, -0.1) is 0 Å². The molecule has 0 radical (unpaired) electrons. The Morgan fingerprint density at radius 1 is 1.13 bits per heavy atom. The van der Waals surface area contributed by atoms with Crippen molar-refractivity contribution < 1.29 is 37.9 Å². The summed E-state index contributed by atoms with van der Waals surface area (Å²) in [5, 5.41) is 41.2. The molecule has 11 nitrogen and oxygen atoms in total. The van der Waals surface area contributed by atoms with Crippen molar-refractivity contribution in [2.75, 3.05) is 44.4 Å². The summed E-state index contributed by atoms with van der Waals surface area (Å²) in [4.78, 5) is 1.73. The first-order valence-electron chi connectivity index (χ1n) is 12.8. The summed E-state index contributed by atoms with van der Waals surface area (Å²) < 4.78 is 44.6. The van der Waals surface area contributed by atoms with Gasteiger partial charge in [-0.3, -0.25) is 0 Å². The summed E-state index contributed by atoms with van der Waals surface area (Å²) in [7, 11) is -4.34. The SMILES string of the molecule is N#CC(=CC1CC=C(c2ccc3cc(N4CCOCC4)ccc3c2)O1)S(=O)(=O)NC1COC(CO)C(O)C1O. The maximum atomic E-state index is 12.9. The molecule has 5 atom stereocenters. The van der Waals surface area contributed by atoms with Crippen molar-refractivity contribution in [1.29, 1.82) is 5.26 Å². The second-order valence-electron chi connectivity index (χ2n) is 9.71. The molecule has 0 bridgehead atoms. The van der Waals surface area contributed by atoms with Crippen molar-refractivity contribution in [2.45, 2.75) is 36.9 Å². The van der Waals surface area contributed by atoms with E-state index in [0.29, 0.717) is 25.4 Å². The predicted molar refractivity (Wildman–Crippen MR) is 143 cm³/mol. The molecular weight excluding hydrogens is 526 g/mol. The molecule has 0 spiro atoms. The predicted octanol–water partition coefficient (Wildman–Crippen LogP) is 0.615. The van der Waals surface area contributed by atoms with Gasteiger partial charge in [0, 0.05) is 30.8 Å². The highest BCUT2D eigenvalue weighted by atomic mass is 32.2. The topological polar surface area (TPSA) is 162 Å². The molecular formula is C27H31N3O8S. The lowest BCUT2D eigenvalue weighted by molar-refractivity contribution is -0.158. The van der Waals surface area contributed by atoms with E-state index in [0.717, 1.165) is 35.1 Å². The molecule has 2 aromatic carbocycles. The minimum Gasteiger partial charge on any atom is -0.486 e. The van der Waals surface area contributed by atoms with E-state index in [1.165, 1.54) is 6.08 Å². The maximum Gasteiger partial charge on any atom is 0.250 e. The van der Waals surface area contributed by atoms with Crippen molar-refractivity contribution in [1.82, 2.24) is 4.72 Å². The van der Waals surface area contributed by atoms with Crippen molar-refractivity contribution in [3.8, 4) is 6.07 Å². The number of benzene rings is 2. The van der Waals surface area contributed by atoms with E-state index in [1.54, 1.807) is 6.07 Å². The van der Waals surface area contributed by atoms with Crippen LogP contribution in [0.15, 0.2) is 53.5 Å². The van der Waals surface area contributed by atoms with Crippen LogP contribution in [-0.4, -0.2) is 93.7 Å². The van der Waals surface area contributed by atoms with E-state index < -0.39 is 52.0 Å². The fraction of sp³-hybridized carbons (Fsp3) is 0.444. The lowest BCUT2D eigenvalue weighted by atomic mass is 9.99. The third-order valence-corrected chi connectivity index (χ3v) is 8.57. The first kappa shape index (κ1) is 27.5. The Balaban J connectivity index is 1.25. The van der Waals surface area contributed by atoms with Gasteiger partial charge in [-0.1, -0.05) is 18.2 Å². The van der Waals surface area contributed by atoms with Gasteiger partial charge in [0.25, 0.3) is 10.0 Å². The Bertz CT molecular complexity index is 1410. The van der Waals surface area contributed by atoms with Gasteiger partial charge < -0.3 is 34.4 Å². The minimum absolute atomic E-state index is 0.275. The number of fused-ring (bicyclic) bond motifs is 1. The number of hydrogen-bond donors (Lipinski definition) is 4. The van der Waals surface area contributed by atoms with Crippen LogP contribution in [0.3, 0.4) is 0 Å². The third kappa shape index (κ3) is 5.95. The number of hydrogen-bond acceptors (Lipinski definition) is 10. The van der Waals surface area contributed by atoms with Gasteiger partial charge in [-0.25, -0.2) is 13.1 Å². The van der Waals surface area contributed by atoms with Crippen molar-refractivity contribution >= 4 is 32.2 Å². The van der Waals surface area contributed by atoms with Gasteiger partial charge in [-0.05, 0) is 41.1 Å². The summed E-state index contributed by atoms with van der Waals surface area (Å²) in [5.74, 6) is 0.590. The standard InChI is InChI=1S/C27H31N3O8S/c28-14-22(39(34,35)29-23-16-37-25(15-31)27(33)26(23)32)13-21-5-6-24(38-21)19-2-1-18-12-20(4-3-17(18)11-19)30-7-9-36-10-8-30/h1-4,6,11-13,21,23,25-27,29,31-33H,5,7-10,15-16H2. The number of anilines is 1. The summed E-state index contributed by atoms with van der Waals surface area (Å²) >= 11 is 0. The lowest BCUT2D eigenvalue weighted by Crippen LogP contribution is -2.59. The van der Waals surface area contributed by atoms with E-state index in [1.807, 2.05) is 24.3 Å². The van der Waals surface area contributed by atoms with E-state index in [2.05, 4.69) is 27.8 Å². The smallest absolute Gasteiger partial charge is 0.250 e. The minimum atomic E-state index is -4.34. The fourth-order valence-electron chi connectivity index (χ4n) is 4.94. The summed E-state index contributed by atoms with van der Waals surface area (Å²) in [6.45, 7) is 2.35. The molecule has 0 aromatic heterocycles. The first-order valence-corrected chi connectivity index (χ1v) is 14.2. The summed E-state index contributed by atoms with van der Waals surface area (Å²) in [5.41, 5.74) is 1.99. The third-order valence-electron chi connectivity index (χ3n) is 7.15. The molecule has 0 saturated carbocycles. The molecule has 39 heavy (non-hydrogen) atoms. The fourth-order valence-corrected chi connectivity index (χ4v) is 6.12. The molecule has 5 rings (SSSR count). The number of morpholine rings is 1. The second-order valence-corrected chi connectivity index (χ2v) is 11.4. The highest BCUT2D eigenvalue weighted by Gasteiger charge is 2.40. The van der Waals surface area contributed by atoms with E-state index in [4.69, 9.17) is 14.2 Å². The summed E-state index contributed by atoms with van der Waals surface area (Å²) in [6, 6.07) is 12.8. The zero-order valence-electron chi connectivity index (χ0n) is 21.1. The van der Waals surface area contributed by atoms with E-state index in [-0.39, 0.29) is 6.61 Å². The van der Waals surface area contributed by atoms with Crippen LogP contribution in [0.4, 0.5) is 5.69 Å². The Morgan fingerprint density at radius 3 is 2.62 bits per heavy atom. The van der Waals surface area contributed by atoms with Gasteiger partial charge >= 0.3 is 0 Å². The van der Waals surface area contributed by atoms with Crippen LogP contribution in [-0.2, 0) is 24.2 Å². The first-order chi connectivity index (χ1) is 18.8. The van der Waals surface area contributed by atoms with Gasteiger partial charge in [0.2, 0.25) is 0 Å². The molecule has 5 unspecified atom stereocenters. The molecule has 3 aliphatic heterocycles. The Kier molecular flexibility index (Phi) is 8.20. The molecule has 3 aliphatic rings. The number of allylic oxidation sites excluding steroid dienone is 1. The van der Waals surface area contributed by atoms with Crippen LogP contribution < -0.4 is 9.62 Å². The van der Waals surface area contributed by atoms with Crippen LogP contribution in [0, 0.1) is 11.3 Å². The zero-order chi connectivity index (χ0) is 27.6. The molecule has 208 valence electrons. The summed E-state index contributed by atoms with van der Waals surface area (Å²) in [6.07, 6.45) is -1.25. The number of nitrogens with zero attached hydrogens (tertiary/aromatic N) is 2. The second kappa shape index (κ2) is 11.6. The number of aliphatic hydroxyl groups excluding tert-OH is 3. The zero-order valence-corrected chi connectivity index (χ0v) is 22.0. The number of nitriles is 1. The van der Waals surface area contributed by atoms with Crippen LogP contribution in [0.5, 0.6) is 0 Å². The number of rotatable bonds is 7. The van der Waals surface area contributed by atoms with E-state index in [9.17, 15) is 29.0 Å². The number of nitrogens with one attached hydrogen (secondary N) is 1. The maximum absolute atomic E-state index is 12.9. The molecule has 12 heteroatoms. The van der Waals surface area contributed by atoms with Gasteiger partial charge in [0.15, 0.2) is 4.91 Å². The van der Waals surface area contributed by atoms with Crippen molar-refractivity contribution in [3.05, 3.63) is 59.0 Å². The van der Waals surface area contributed by atoms with Crippen LogP contribution in [0.2, 0.25) is 0 Å². The molecule has 2 aromatic rings. The Morgan fingerprint density at radius 2 is 1.87 bits per heavy atom. The largest absolute Gasteiger partial charge is 0.486 e. The number of aliphatic hydroxyl groups is 3. The molecule has 4 N–H and O–H groups in total. The van der Waals surface area contributed by atoms with Gasteiger partial charge in [0.1, 0.15) is 36.2 Å². The quantitative estimate of drug-likeness (QED) is 0.355. The molecule has 0 aliphatic carbocycles. The van der Waals surface area contributed by atoms with Crippen LogP contribution in [0.25, 0.3) is 16.5 Å². The number of ether oxygens (including phenoxy) is 3. The van der Waals surface area contributed by atoms with Crippen LogP contribution in [0.1, 0.15) is 12.0 Å². The Hall–Kier alpha value is -3.02. The van der Waals surface area contributed by atoms with Gasteiger partial charge in [-0.2, -0.15) is 5.26 Å². The molecule has 2 saturated heterocycles. The average Bonchev–Trinajstić information content (AvgIpc) is 3.43. The Labute approximate surface area is 226 Å². The number of sulfonamides is 1. The molecule has 3 heterocycles. The molecule has 0 amide bonds. The lowest BCUT2D eigenvalue weighted by Gasteiger charge is -2.36. The van der Waals surface area contributed by atoms with E-state index >= 15 is 0 Å².